The highest BCUT2D eigenvalue weighted by Crippen LogP contribution is 2.28. The zero-order chi connectivity index (χ0) is 14.2. The Balaban J connectivity index is 2.31. The molecule has 6 heteroatoms. The van der Waals surface area contributed by atoms with Crippen molar-refractivity contribution in [3.63, 3.8) is 0 Å². The van der Waals surface area contributed by atoms with Gasteiger partial charge in [0.1, 0.15) is 10.8 Å². The first-order valence-corrected chi connectivity index (χ1v) is 7.29. The lowest BCUT2D eigenvalue weighted by Gasteiger charge is -2.15. The third kappa shape index (κ3) is 2.79. The van der Waals surface area contributed by atoms with Crippen LogP contribution in [-0.2, 0) is 7.05 Å². The van der Waals surface area contributed by atoms with Gasteiger partial charge in [-0.15, -0.1) is 11.3 Å². The molecule has 0 spiro atoms. The molecular weight excluding hydrogens is 276 g/mol. The number of aryl methyl sites for hydroxylation is 3. The van der Waals surface area contributed by atoms with Gasteiger partial charge in [0.2, 0.25) is 0 Å². The van der Waals surface area contributed by atoms with Gasteiger partial charge in [0.25, 0.3) is 0 Å². The Kier molecular flexibility index (Phi) is 3.91. The monoisotopic (exact) mass is 294 g/mol. The second-order valence-corrected chi connectivity index (χ2v) is 6.37. The number of thiocarbonyl (C=S) groups is 1. The molecular formula is C13H18N4S2. The first-order chi connectivity index (χ1) is 8.90. The van der Waals surface area contributed by atoms with Crippen molar-refractivity contribution < 1.29 is 0 Å². The third-order valence-electron chi connectivity index (χ3n) is 3.01. The molecule has 0 aliphatic heterocycles. The minimum atomic E-state index is 0.196. The molecule has 4 nitrogen and oxygen atoms in total. The normalized spacial score (nSPS) is 12.4. The maximum absolute atomic E-state index is 5.79. The first-order valence-electron chi connectivity index (χ1n) is 6.06. The lowest BCUT2D eigenvalue weighted by atomic mass is 10.2. The van der Waals surface area contributed by atoms with Gasteiger partial charge in [0.15, 0.2) is 0 Å². The molecule has 0 aliphatic carbocycles. The van der Waals surface area contributed by atoms with Crippen molar-refractivity contribution in [2.24, 2.45) is 12.8 Å². The fourth-order valence-corrected chi connectivity index (χ4v) is 3.21. The van der Waals surface area contributed by atoms with Crippen molar-refractivity contribution in [2.45, 2.75) is 26.8 Å². The van der Waals surface area contributed by atoms with Crippen molar-refractivity contribution in [1.82, 2.24) is 9.78 Å². The largest absolute Gasteiger partial charge is 0.389 e. The molecule has 2 aromatic rings. The average Bonchev–Trinajstić information content (AvgIpc) is 2.84. The Morgan fingerprint density at radius 1 is 1.47 bits per heavy atom. The molecule has 0 saturated heterocycles. The van der Waals surface area contributed by atoms with Crippen LogP contribution in [0, 0.1) is 13.8 Å². The van der Waals surface area contributed by atoms with Gasteiger partial charge < -0.3 is 11.1 Å². The van der Waals surface area contributed by atoms with E-state index in [9.17, 15) is 0 Å². The van der Waals surface area contributed by atoms with Crippen molar-refractivity contribution in [3.05, 3.63) is 33.1 Å². The minimum Gasteiger partial charge on any atom is -0.389 e. The predicted molar refractivity (Wildman–Crippen MR) is 84.9 cm³/mol. The SMILES string of the molecule is Cc1ccc(C(C)Nc2c(C(N)=S)c(C)nn2C)s1. The second kappa shape index (κ2) is 5.30. The molecule has 2 rings (SSSR count). The van der Waals surface area contributed by atoms with E-state index in [4.69, 9.17) is 18.0 Å². The molecule has 1 atom stereocenters. The van der Waals surface area contributed by atoms with Gasteiger partial charge >= 0.3 is 0 Å². The van der Waals surface area contributed by atoms with E-state index in [-0.39, 0.29) is 6.04 Å². The Labute approximate surface area is 122 Å². The Bertz CT molecular complexity index is 612. The van der Waals surface area contributed by atoms with Crippen LogP contribution in [0.2, 0.25) is 0 Å². The summed E-state index contributed by atoms with van der Waals surface area (Å²) in [6.45, 7) is 6.14. The number of aromatic nitrogens is 2. The van der Waals surface area contributed by atoms with Crippen LogP contribution in [0.3, 0.4) is 0 Å². The van der Waals surface area contributed by atoms with E-state index in [0.29, 0.717) is 4.99 Å². The lowest BCUT2D eigenvalue weighted by molar-refractivity contribution is 0.745. The van der Waals surface area contributed by atoms with Crippen LogP contribution in [-0.4, -0.2) is 14.8 Å². The van der Waals surface area contributed by atoms with Gasteiger partial charge in [0, 0.05) is 16.8 Å². The molecule has 1 unspecified atom stereocenters. The summed E-state index contributed by atoms with van der Waals surface area (Å²) < 4.78 is 1.79. The zero-order valence-corrected chi connectivity index (χ0v) is 13.2. The highest BCUT2D eigenvalue weighted by Gasteiger charge is 2.18. The molecule has 0 aromatic carbocycles. The molecule has 2 heterocycles. The summed E-state index contributed by atoms with van der Waals surface area (Å²) in [6.07, 6.45) is 0. The summed E-state index contributed by atoms with van der Waals surface area (Å²) in [5.74, 6) is 0.878. The first kappa shape index (κ1) is 14.0. The Morgan fingerprint density at radius 2 is 2.16 bits per heavy atom. The quantitative estimate of drug-likeness (QED) is 0.851. The van der Waals surface area contributed by atoms with Crippen molar-refractivity contribution in [2.75, 3.05) is 5.32 Å². The summed E-state index contributed by atoms with van der Waals surface area (Å²) in [4.78, 5) is 2.97. The number of rotatable bonds is 4. The number of nitrogens with one attached hydrogen (secondary N) is 1. The summed E-state index contributed by atoms with van der Waals surface area (Å²) in [5, 5.41) is 7.83. The Morgan fingerprint density at radius 3 is 2.68 bits per heavy atom. The van der Waals surface area contributed by atoms with Gasteiger partial charge in [-0.25, -0.2) is 0 Å². The second-order valence-electron chi connectivity index (χ2n) is 4.61. The highest BCUT2D eigenvalue weighted by molar-refractivity contribution is 7.80. The van der Waals surface area contributed by atoms with E-state index < -0.39 is 0 Å². The van der Waals surface area contributed by atoms with Crippen LogP contribution >= 0.6 is 23.6 Å². The van der Waals surface area contributed by atoms with E-state index in [1.165, 1.54) is 9.75 Å². The molecule has 0 fully saturated rings. The van der Waals surface area contributed by atoms with Gasteiger partial charge in [-0.2, -0.15) is 5.10 Å². The van der Waals surface area contributed by atoms with Gasteiger partial charge in [-0.05, 0) is 32.9 Å². The summed E-state index contributed by atoms with van der Waals surface area (Å²) in [5.41, 5.74) is 7.47. The molecule has 0 saturated carbocycles. The number of nitrogens with two attached hydrogens (primary N) is 1. The maximum Gasteiger partial charge on any atom is 0.135 e. The molecule has 0 bridgehead atoms. The molecule has 0 radical (unpaired) electrons. The number of hydrogen-bond acceptors (Lipinski definition) is 4. The van der Waals surface area contributed by atoms with E-state index >= 15 is 0 Å². The van der Waals surface area contributed by atoms with Gasteiger partial charge in [0.05, 0.1) is 17.3 Å². The standard InChI is InChI=1S/C13H18N4S2/c1-7-5-6-10(19-7)8(2)15-13-11(12(14)18)9(3)16-17(13)4/h5-6,8,15H,1-4H3,(H2,14,18). The van der Waals surface area contributed by atoms with Crippen LogP contribution in [0.15, 0.2) is 12.1 Å². The van der Waals surface area contributed by atoms with Crippen LogP contribution in [0.1, 0.15) is 34.0 Å². The van der Waals surface area contributed by atoms with E-state index in [1.807, 2.05) is 14.0 Å². The molecule has 2 aromatic heterocycles. The topological polar surface area (TPSA) is 55.9 Å². The van der Waals surface area contributed by atoms with Crippen molar-refractivity contribution in [3.8, 4) is 0 Å². The summed E-state index contributed by atoms with van der Waals surface area (Å²) in [7, 11) is 1.89. The zero-order valence-electron chi connectivity index (χ0n) is 11.5. The fourth-order valence-electron chi connectivity index (χ4n) is 2.08. The average molecular weight is 294 g/mol. The van der Waals surface area contributed by atoms with Gasteiger partial charge in [-0.3, -0.25) is 4.68 Å². The fraction of sp³-hybridized carbons (Fsp3) is 0.385. The van der Waals surface area contributed by atoms with Crippen LogP contribution in [0.4, 0.5) is 5.82 Å². The highest BCUT2D eigenvalue weighted by atomic mass is 32.1. The number of anilines is 1. The van der Waals surface area contributed by atoms with Crippen molar-refractivity contribution in [1.29, 1.82) is 0 Å². The maximum atomic E-state index is 5.79. The summed E-state index contributed by atoms with van der Waals surface area (Å²) >= 11 is 6.90. The van der Waals surface area contributed by atoms with E-state index in [2.05, 4.69) is 36.4 Å². The molecule has 19 heavy (non-hydrogen) atoms. The van der Waals surface area contributed by atoms with Crippen LogP contribution < -0.4 is 11.1 Å². The smallest absolute Gasteiger partial charge is 0.135 e. The van der Waals surface area contributed by atoms with E-state index in [1.54, 1.807) is 16.0 Å². The molecule has 3 N–H and O–H groups in total. The Hall–Kier alpha value is -1.40. The van der Waals surface area contributed by atoms with E-state index in [0.717, 1.165) is 17.1 Å². The number of nitrogens with zero attached hydrogens (tertiary/aromatic N) is 2. The molecule has 0 aliphatic rings. The minimum absolute atomic E-state index is 0.196. The third-order valence-corrected chi connectivity index (χ3v) is 4.40. The number of thiophene rings is 1. The predicted octanol–water partition coefficient (Wildman–Crippen LogP) is 2.91. The van der Waals surface area contributed by atoms with Crippen LogP contribution in [0.5, 0.6) is 0 Å². The summed E-state index contributed by atoms with van der Waals surface area (Å²) in [6, 6.07) is 4.46. The molecule has 0 amide bonds. The molecule has 102 valence electrons. The van der Waals surface area contributed by atoms with Crippen LogP contribution in [0.25, 0.3) is 0 Å². The number of hydrogen-bond donors (Lipinski definition) is 2. The van der Waals surface area contributed by atoms with Crippen molar-refractivity contribution >= 4 is 34.4 Å². The lowest BCUT2D eigenvalue weighted by Crippen LogP contribution is -2.16. The van der Waals surface area contributed by atoms with Gasteiger partial charge in [-0.1, -0.05) is 12.2 Å².